The van der Waals surface area contributed by atoms with Gasteiger partial charge >= 0.3 is 0 Å². The van der Waals surface area contributed by atoms with Crippen LogP contribution in [0.1, 0.15) is 35.7 Å². The number of halogens is 1. The first kappa shape index (κ1) is 18.8. The smallest absolute Gasteiger partial charge is 0.246 e. The Bertz CT molecular complexity index is 1050. The summed E-state index contributed by atoms with van der Waals surface area (Å²) in [7, 11) is -3.56. The molecular weight excluding hydrogens is 379 g/mol. The molecule has 4 rings (SSSR count). The molecule has 1 aliphatic heterocycles. The number of pyridine rings is 1. The minimum absolute atomic E-state index is 0.0102. The van der Waals surface area contributed by atoms with E-state index in [9.17, 15) is 12.8 Å². The molecule has 1 N–H and O–H groups in total. The van der Waals surface area contributed by atoms with Gasteiger partial charge in [-0.2, -0.15) is 9.40 Å². The van der Waals surface area contributed by atoms with Crippen LogP contribution in [0.25, 0.3) is 0 Å². The van der Waals surface area contributed by atoms with Crippen LogP contribution in [0.2, 0.25) is 0 Å². The van der Waals surface area contributed by atoms with Crippen LogP contribution >= 0.6 is 0 Å². The largest absolute Gasteiger partial charge is 0.284 e. The molecule has 0 unspecified atom stereocenters. The van der Waals surface area contributed by atoms with Gasteiger partial charge < -0.3 is 0 Å². The van der Waals surface area contributed by atoms with Crippen LogP contribution in [0.4, 0.5) is 4.39 Å². The molecule has 1 saturated heterocycles. The van der Waals surface area contributed by atoms with Crippen molar-refractivity contribution in [3.8, 4) is 0 Å². The number of hydrogen-bond donors (Lipinski definition) is 1. The van der Waals surface area contributed by atoms with Crippen LogP contribution in [0.5, 0.6) is 0 Å². The Morgan fingerprint density at radius 2 is 2.04 bits per heavy atom. The lowest BCUT2D eigenvalue weighted by Gasteiger charge is -2.31. The molecule has 1 fully saturated rings. The molecule has 0 aliphatic carbocycles. The first-order valence-corrected chi connectivity index (χ1v) is 10.7. The Hall–Kier alpha value is -2.58. The number of nitrogens with zero attached hydrogens (tertiary/aromatic N) is 3. The summed E-state index contributed by atoms with van der Waals surface area (Å²) >= 11 is 0. The van der Waals surface area contributed by atoms with Crippen LogP contribution in [0.3, 0.4) is 0 Å². The molecule has 3 aromatic rings. The van der Waals surface area contributed by atoms with E-state index in [1.165, 1.54) is 22.8 Å². The molecule has 1 aromatic carbocycles. The predicted molar refractivity (Wildman–Crippen MR) is 103 cm³/mol. The molecule has 6 nitrogen and oxygen atoms in total. The van der Waals surface area contributed by atoms with Gasteiger partial charge in [-0.15, -0.1) is 0 Å². The van der Waals surface area contributed by atoms with E-state index in [4.69, 9.17) is 4.98 Å². The highest BCUT2D eigenvalue weighted by molar-refractivity contribution is 7.89. The maximum atomic E-state index is 13.9. The molecule has 0 radical (unpaired) electrons. The van der Waals surface area contributed by atoms with Gasteiger partial charge in [0.05, 0.1) is 6.20 Å². The highest BCUT2D eigenvalue weighted by atomic mass is 32.2. The van der Waals surface area contributed by atoms with Gasteiger partial charge in [0.25, 0.3) is 0 Å². The first-order chi connectivity index (χ1) is 13.5. The number of hydrogen-bond acceptors (Lipinski definition) is 4. The summed E-state index contributed by atoms with van der Waals surface area (Å²) in [4.78, 5) is 4.88. The molecule has 0 bridgehead atoms. The van der Waals surface area contributed by atoms with Gasteiger partial charge in [0.2, 0.25) is 10.0 Å². The molecule has 0 amide bonds. The van der Waals surface area contributed by atoms with Gasteiger partial charge in [0.1, 0.15) is 10.7 Å². The van der Waals surface area contributed by atoms with Crippen LogP contribution in [0.15, 0.2) is 59.8 Å². The molecule has 1 aliphatic rings. The van der Waals surface area contributed by atoms with Crippen LogP contribution in [-0.4, -0.2) is 41.0 Å². The fraction of sp³-hybridized carbons (Fsp3) is 0.300. The maximum Gasteiger partial charge on any atom is 0.246 e. The van der Waals surface area contributed by atoms with Crippen molar-refractivity contribution in [3.05, 3.63) is 77.6 Å². The Labute approximate surface area is 163 Å². The third kappa shape index (κ3) is 3.83. The van der Waals surface area contributed by atoms with Crippen LogP contribution in [-0.2, 0) is 16.4 Å². The predicted octanol–water partition coefficient (Wildman–Crippen LogP) is 3.10. The fourth-order valence-electron chi connectivity index (χ4n) is 3.59. The summed E-state index contributed by atoms with van der Waals surface area (Å²) in [6, 6.07) is 12.4. The van der Waals surface area contributed by atoms with Crippen molar-refractivity contribution >= 4 is 10.0 Å². The molecule has 8 heteroatoms. The van der Waals surface area contributed by atoms with E-state index in [2.05, 4.69) is 10.2 Å². The summed E-state index contributed by atoms with van der Waals surface area (Å²) in [5, 5.41) is 6.30. The summed E-state index contributed by atoms with van der Waals surface area (Å²) in [5.74, 6) is -0.235. The zero-order chi connectivity index (χ0) is 19.6. The van der Waals surface area contributed by atoms with Crippen molar-refractivity contribution in [2.45, 2.75) is 30.1 Å². The molecule has 146 valence electrons. The minimum atomic E-state index is -3.56. The maximum absolute atomic E-state index is 13.9. The number of aromatic nitrogens is 3. The number of H-pyrrole nitrogens is 1. The number of rotatable bonds is 5. The third-order valence-electron chi connectivity index (χ3n) is 5.07. The second-order valence-electron chi connectivity index (χ2n) is 6.96. The summed E-state index contributed by atoms with van der Waals surface area (Å²) in [6.07, 6.45) is 4.76. The number of nitrogens with one attached hydrogen (secondary N) is 1. The number of sulfonamides is 1. The Balaban J connectivity index is 1.54. The van der Waals surface area contributed by atoms with Gasteiger partial charge in [-0.05, 0) is 36.6 Å². The summed E-state index contributed by atoms with van der Waals surface area (Å²) < 4.78 is 41.0. The quantitative estimate of drug-likeness (QED) is 0.714. The van der Waals surface area contributed by atoms with Crippen molar-refractivity contribution in [3.63, 3.8) is 0 Å². The number of aromatic amines is 1. The highest BCUT2D eigenvalue weighted by Gasteiger charge is 2.32. The van der Waals surface area contributed by atoms with Crippen LogP contribution in [0, 0.1) is 5.82 Å². The van der Waals surface area contributed by atoms with E-state index in [-0.39, 0.29) is 16.6 Å². The molecular formula is C20H21FN4O2S. The molecule has 3 heterocycles. The van der Waals surface area contributed by atoms with Crippen molar-refractivity contribution in [1.82, 2.24) is 19.5 Å². The average Bonchev–Trinajstić information content (AvgIpc) is 3.26. The Morgan fingerprint density at radius 3 is 2.82 bits per heavy atom. The molecule has 2 aromatic heterocycles. The second-order valence-corrected chi connectivity index (χ2v) is 8.90. The van der Waals surface area contributed by atoms with E-state index < -0.39 is 10.0 Å². The standard InChI is InChI=1S/C20H21FN4O2S/c21-19-8-2-1-5-15(19)11-17-7-3-9-20(24-17)16-6-4-10-25(14-16)28(26,27)18-12-22-23-13-18/h1-3,5,7-9,12-13,16H,4,6,10-11,14H2,(H,22,23)/t16-/m0/s1. The van der Waals surface area contributed by atoms with Crippen molar-refractivity contribution in [1.29, 1.82) is 0 Å². The topological polar surface area (TPSA) is 79.0 Å². The lowest BCUT2D eigenvalue weighted by atomic mass is 9.95. The van der Waals surface area contributed by atoms with E-state index >= 15 is 0 Å². The molecule has 1 atom stereocenters. The van der Waals surface area contributed by atoms with Crippen molar-refractivity contribution in [2.75, 3.05) is 13.1 Å². The van der Waals surface area contributed by atoms with Crippen LogP contribution < -0.4 is 0 Å². The second kappa shape index (κ2) is 7.81. The van der Waals surface area contributed by atoms with E-state index in [0.29, 0.717) is 25.1 Å². The number of benzene rings is 1. The highest BCUT2D eigenvalue weighted by Crippen LogP contribution is 2.29. The summed E-state index contributed by atoms with van der Waals surface area (Å²) in [6.45, 7) is 0.864. The Morgan fingerprint density at radius 1 is 1.18 bits per heavy atom. The molecule has 0 spiro atoms. The van der Waals surface area contributed by atoms with Crippen molar-refractivity contribution in [2.24, 2.45) is 0 Å². The van der Waals surface area contributed by atoms with E-state index in [1.807, 2.05) is 24.3 Å². The van der Waals surface area contributed by atoms with Crippen molar-refractivity contribution < 1.29 is 12.8 Å². The SMILES string of the molecule is O=S(=O)(c1cn[nH]c1)N1CCC[C@H](c2cccc(Cc3ccccc3F)n2)C1. The zero-order valence-electron chi connectivity index (χ0n) is 15.3. The minimum Gasteiger partial charge on any atom is -0.284 e. The molecule has 28 heavy (non-hydrogen) atoms. The monoisotopic (exact) mass is 400 g/mol. The molecule has 0 saturated carbocycles. The lowest BCUT2D eigenvalue weighted by molar-refractivity contribution is 0.312. The fourth-order valence-corrected chi connectivity index (χ4v) is 5.02. The third-order valence-corrected chi connectivity index (χ3v) is 6.90. The van der Waals surface area contributed by atoms with Gasteiger partial charge in [0.15, 0.2) is 0 Å². The zero-order valence-corrected chi connectivity index (χ0v) is 16.1. The normalized spacial score (nSPS) is 18.2. The van der Waals surface area contributed by atoms with E-state index in [1.54, 1.807) is 12.1 Å². The van der Waals surface area contributed by atoms with Gasteiger partial charge in [0, 0.05) is 43.0 Å². The van der Waals surface area contributed by atoms with Gasteiger partial charge in [-0.25, -0.2) is 12.8 Å². The van der Waals surface area contributed by atoms with Gasteiger partial charge in [-0.1, -0.05) is 24.3 Å². The van der Waals surface area contributed by atoms with Gasteiger partial charge in [-0.3, -0.25) is 10.1 Å². The first-order valence-electron chi connectivity index (χ1n) is 9.22. The number of piperidine rings is 1. The van der Waals surface area contributed by atoms with E-state index in [0.717, 1.165) is 24.2 Å². The Kier molecular flexibility index (Phi) is 5.23. The lowest BCUT2D eigenvalue weighted by Crippen LogP contribution is -2.39. The summed E-state index contributed by atoms with van der Waals surface area (Å²) in [5.41, 5.74) is 2.22. The average molecular weight is 400 g/mol.